The van der Waals surface area contributed by atoms with Gasteiger partial charge < -0.3 is 9.47 Å². The molecule has 1 atom stereocenters. The van der Waals surface area contributed by atoms with Gasteiger partial charge in [-0.2, -0.15) is 0 Å². The van der Waals surface area contributed by atoms with Crippen molar-refractivity contribution in [3.63, 3.8) is 0 Å². The molecule has 0 heterocycles. The van der Waals surface area contributed by atoms with E-state index < -0.39 is 11.9 Å². The van der Waals surface area contributed by atoms with Gasteiger partial charge in [0.2, 0.25) is 6.29 Å². The summed E-state index contributed by atoms with van der Waals surface area (Å²) in [5.74, 6) is 0.383. The largest absolute Gasteiger partial charge is 0.497 e. The van der Waals surface area contributed by atoms with E-state index in [-0.39, 0.29) is 18.5 Å². The third-order valence-corrected chi connectivity index (χ3v) is 5.65. The summed E-state index contributed by atoms with van der Waals surface area (Å²) < 4.78 is 11.5. The van der Waals surface area contributed by atoms with Crippen molar-refractivity contribution in [1.29, 1.82) is 0 Å². The van der Waals surface area contributed by atoms with Gasteiger partial charge in [-0.15, -0.1) is 0 Å². The van der Waals surface area contributed by atoms with Crippen LogP contribution in [0.25, 0.3) is 0 Å². The van der Waals surface area contributed by atoms with E-state index in [1.54, 1.807) is 55.6 Å². The highest BCUT2D eigenvalue weighted by Gasteiger charge is 2.29. The number of carbonyl (C=O) groups excluding carboxylic acids is 3. The van der Waals surface area contributed by atoms with Gasteiger partial charge in [0.15, 0.2) is 5.78 Å². The lowest BCUT2D eigenvalue weighted by atomic mass is 9.95. The van der Waals surface area contributed by atoms with Gasteiger partial charge in [0.1, 0.15) is 11.5 Å². The van der Waals surface area contributed by atoms with E-state index >= 15 is 0 Å². The van der Waals surface area contributed by atoms with Crippen molar-refractivity contribution in [3.8, 4) is 11.5 Å². The first-order valence-electron chi connectivity index (χ1n) is 10.4. The zero-order valence-electron chi connectivity index (χ0n) is 18.4. The van der Waals surface area contributed by atoms with E-state index in [4.69, 9.17) is 9.47 Å². The van der Waals surface area contributed by atoms with Crippen LogP contribution in [0.2, 0.25) is 0 Å². The number of ether oxygens (including phenoxy) is 2. The van der Waals surface area contributed by atoms with E-state index in [0.29, 0.717) is 29.4 Å². The molecular weight excluding hydrogens is 486 g/mol. The molecule has 0 N–H and O–H groups in total. The van der Waals surface area contributed by atoms with E-state index in [9.17, 15) is 14.4 Å². The molecule has 3 rings (SSSR count). The highest BCUT2D eigenvalue weighted by atomic mass is 79.9. The molecule has 0 fully saturated rings. The van der Waals surface area contributed by atoms with Crippen LogP contribution in [0, 0.1) is 0 Å². The second-order valence-corrected chi connectivity index (χ2v) is 8.09. The topological polar surface area (TPSA) is 72.9 Å². The second-order valence-electron chi connectivity index (χ2n) is 7.18. The summed E-state index contributed by atoms with van der Waals surface area (Å²) in [6.07, 6.45) is 0.249. The van der Waals surface area contributed by atoms with Crippen molar-refractivity contribution in [2.45, 2.75) is 19.4 Å². The lowest BCUT2D eigenvalue weighted by Gasteiger charge is -2.31. The van der Waals surface area contributed by atoms with E-state index in [2.05, 4.69) is 15.9 Å². The first-order valence-corrected chi connectivity index (χ1v) is 11.2. The van der Waals surface area contributed by atoms with Crippen LogP contribution in [0.3, 0.4) is 0 Å². The molecule has 0 aliphatic carbocycles. The normalized spacial score (nSPS) is 11.4. The summed E-state index contributed by atoms with van der Waals surface area (Å²) in [6, 6.07) is 20.3. The standard InChI is InChI=1S/C26H24BrNO5/c1-3-33-23-12-6-19(7-13-23)25(30)16-24(18-4-8-20(27)9-5-18)28(26(31)17-29)21-10-14-22(32-2)15-11-21/h4-15,17,24H,3,16H2,1-2H3. The molecule has 0 spiro atoms. The molecule has 1 unspecified atom stereocenters. The third kappa shape index (κ3) is 6.08. The number of aldehydes is 1. The highest BCUT2D eigenvalue weighted by Crippen LogP contribution is 2.33. The number of benzene rings is 3. The lowest BCUT2D eigenvalue weighted by Crippen LogP contribution is -2.37. The van der Waals surface area contributed by atoms with Gasteiger partial charge in [0.25, 0.3) is 5.91 Å². The van der Waals surface area contributed by atoms with Crippen LogP contribution < -0.4 is 14.4 Å². The minimum Gasteiger partial charge on any atom is -0.497 e. The number of hydrogen-bond donors (Lipinski definition) is 0. The van der Waals surface area contributed by atoms with Gasteiger partial charge >= 0.3 is 0 Å². The number of anilines is 1. The van der Waals surface area contributed by atoms with Crippen molar-refractivity contribution >= 4 is 39.6 Å². The fourth-order valence-corrected chi connectivity index (χ4v) is 3.77. The predicted molar refractivity (Wildman–Crippen MR) is 130 cm³/mol. The summed E-state index contributed by atoms with van der Waals surface area (Å²) in [6.45, 7) is 2.42. The molecule has 0 aliphatic heterocycles. The van der Waals surface area contributed by atoms with E-state index in [0.717, 1.165) is 10.0 Å². The minimum atomic E-state index is -0.743. The van der Waals surface area contributed by atoms with Crippen LogP contribution in [-0.2, 0) is 9.59 Å². The van der Waals surface area contributed by atoms with Gasteiger partial charge in [0.05, 0.1) is 19.8 Å². The number of nitrogens with zero attached hydrogens (tertiary/aromatic N) is 1. The first-order chi connectivity index (χ1) is 16.0. The summed E-state index contributed by atoms with van der Waals surface area (Å²) in [4.78, 5) is 38.9. The number of methoxy groups -OCH3 is 1. The van der Waals surface area contributed by atoms with Crippen LogP contribution in [-0.4, -0.2) is 31.7 Å². The van der Waals surface area contributed by atoms with E-state index in [1.807, 2.05) is 31.2 Å². The number of carbonyl (C=O) groups is 3. The number of amides is 1. The van der Waals surface area contributed by atoms with Crippen molar-refractivity contribution in [3.05, 3.63) is 88.4 Å². The Bertz CT molecular complexity index is 1100. The lowest BCUT2D eigenvalue weighted by molar-refractivity contribution is -0.129. The summed E-state index contributed by atoms with van der Waals surface area (Å²) in [7, 11) is 1.55. The van der Waals surface area contributed by atoms with Crippen LogP contribution in [0.5, 0.6) is 11.5 Å². The van der Waals surface area contributed by atoms with Crippen molar-refractivity contribution in [2.24, 2.45) is 0 Å². The molecule has 0 saturated heterocycles. The number of ketones is 1. The zero-order chi connectivity index (χ0) is 23.8. The molecule has 0 saturated carbocycles. The molecule has 0 aromatic heterocycles. The Morgan fingerprint density at radius 1 is 0.939 bits per heavy atom. The summed E-state index contributed by atoms with van der Waals surface area (Å²) in [5, 5.41) is 0. The molecule has 7 heteroatoms. The molecule has 0 radical (unpaired) electrons. The van der Waals surface area contributed by atoms with Gasteiger partial charge in [-0.3, -0.25) is 19.3 Å². The van der Waals surface area contributed by atoms with Crippen LogP contribution in [0.4, 0.5) is 5.69 Å². The Labute approximate surface area is 201 Å². The molecule has 3 aromatic carbocycles. The maximum atomic E-state index is 13.2. The third-order valence-electron chi connectivity index (χ3n) is 5.12. The summed E-state index contributed by atoms with van der Waals surface area (Å²) in [5.41, 5.74) is 1.71. The molecule has 6 nitrogen and oxygen atoms in total. The van der Waals surface area contributed by atoms with Crippen LogP contribution >= 0.6 is 15.9 Å². The molecule has 0 aliphatic rings. The average Bonchev–Trinajstić information content (AvgIpc) is 2.85. The van der Waals surface area contributed by atoms with Crippen LogP contribution in [0.1, 0.15) is 35.3 Å². The molecular formula is C26H24BrNO5. The van der Waals surface area contributed by atoms with Gasteiger partial charge in [-0.1, -0.05) is 28.1 Å². The molecule has 1 amide bonds. The average molecular weight is 510 g/mol. The molecule has 3 aromatic rings. The molecule has 33 heavy (non-hydrogen) atoms. The van der Waals surface area contributed by atoms with Crippen molar-refractivity contribution in [2.75, 3.05) is 18.6 Å². The van der Waals surface area contributed by atoms with Crippen molar-refractivity contribution < 1.29 is 23.9 Å². The van der Waals surface area contributed by atoms with Gasteiger partial charge in [-0.25, -0.2) is 0 Å². The Morgan fingerprint density at radius 3 is 2.09 bits per heavy atom. The Balaban J connectivity index is 2.00. The smallest absolute Gasteiger partial charge is 0.291 e. The fourth-order valence-electron chi connectivity index (χ4n) is 3.50. The quantitative estimate of drug-likeness (QED) is 0.207. The Kier molecular flexibility index (Phi) is 8.38. The predicted octanol–water partition coefficient (Wildman–Crippen LogP) is 5.40. The van der Waals surface area contributed by atoms with Gasteiger partial charge in [-0.05, 0) is 73.2 Å². The van der Waals surface area contributed by atoms with Crippen LogP contribution in [0.15, 0.2) is 77.3 Å². The number of rotatable bonds is 10. The molecule has 170 valence electrons. The van der Waals surface area contributed by atoms with Gasteiger partial charge in [0, 0.05) is 22.1 Å². The molecule has 0 bridgehead atoms. The fraction of sp³-hybridized carbons (Fsp3) is 0.192. The Hall–Kier alpha value is -3.45. The first kappa shape index (κ1) is 24.2. The number of hydrogen-bond acceptors (Lipinski definition) is 5. The minimum absolute atomic E-state index is 0.0127. The Morgan fingerprint density at radius 2 is 1.55 bits per heavy atom. The second kappa shape index (κ2) is 11.4. The maximum absolute atomic E-state index is 13.2. The number of Topliss-reactive ketones (excluding diaryl/α,β-unsaturated/α-hetero) is 1. The SMILES string of the molecule is CCOc1ccc(C(=O)CC(c2ccc(Br)cc2)N(C(=O)C=O)c2ccc(OC)cc2)cc1. The van der Waals surface area contributed by atoms with E-state index in [1.165, 1.54) is 4.90 Å². The number of halogens is 1. The maximum Gasteiger partial charge on any atom is 0.291 e. The zero-order valence-corrected chi connectivity index (χ0v) is 19.9. The highest BCUT2D eigenvalue weighted by molar-refractivity contribution is 9.10. The van der Waals surface area contributed by atoms with Crippen molar-refractivity contribution in [1.82, 2.24) is 0 Å². The monoisotopic (exact) mass is 509 g/mol. The summed E-state index contributed by atoms with van der Waals surface area (Å²) >= 11 is 3.41.